The number of hydrogen-bond donors (Lipinski definition) is 1. The second kappa shape index (κ2) is 8.16. The van der Waals surface area contributed by atoms with Crippen molar-refractivity contribution in [2.75, 3.05) is 20.2 Å². The highest BCUT2D eigenvalue weighted by Gasteiger charge is 2.34. The Morgan fingerprint density at radius 3 is 2.44 bits per heavy atom. The van der Waals surface area contributed by atoms with E-state index in [1.807, 2.05) is 7.05 Å². The summed E-state index contributed by atoms with van der Waals surface area (Å²) in [6.07, 6.45) is 9.02. The van der Waals surface area contributed by atoms with Gasteiger partial charge in [0, 0.05) is 13.2 Å². The van der Waals surface area contributed by atoms with Crippen molar-refractivity contribution < 1.29 is 4.74 Å². The van der Waals surface area contributed by atoms with Crippen molar-refractivity contribution >= 4 is 0 Å². The second-order valence-corrected chi connectivity index (χ2v) is 6.45. The predicted octanol–water partition coefficient (Wildman–Crippen LogP) is 4.00. The molecule has 1 aliphatic carbocycles. The van der Waals surface area contributed by atoms with Gasteiger partial charge in [0.2, 0.25) is 0 Å². The van der Waals surface area contributed by atoms with Crippen LogP contribution in [0.5, 0.6) is 0 Å². The largest absolute Gasteiger partial charge is 0.374 e. The first-order valence-electron chi connectivity index (χ1n) is 7.90. The van der Waals surface area contributed by atoms with Gasteiger partial charge in [-0.05, 0) is 57.4 Å². The van der Waals surface area contributed by atoms with E-state index in [1.165, 1.54) is 44.9 Å². The first kappa shape index (κ1) is 16.0. The van der Waals surface area contributed by atoms with Crippen molar-refractivity contribution in [3.8, 4) is 0 Å². The zero-order valence-corrected chi connectivity index (χ0v) is 12.9. The summed E-state index contributed by atoms with van der Waals surface area (Å²) in [4.78, 5) is 0. The lowest BCUT2D eigenvalue weighted by atomic mass is 9.77. The Hall–Kier alpha value is -0.0800. The number of likely N-dealkylation sites (N-methyl/N-ethyl adjacent to an activating group) is 1. The molecule has 0 saturated heterocycles. The SMILES string of the molecule is CCC1CCC(CNC)(OCCCC(C)C)CC1. The Kier molecular flexibility index (Phi) is 7.25. The summed E-state index contributed by atoms with van der Waals surface area (Å²) < 4.78 is 6.29. The van der Waals surface area contributed by atoms with Gasteiger partial charge in [-0.2, -0.15) is 0 Å². The smallest absolute Gasteiger partial charge is 0.0806 e. The maximum absolute atomic E-state index is 6.29. The van der Waals surface area contributed by atoms with Gasteiger partial charge in [-0.3, -0.25) is 0 Å². The molecule has 1 N–H and O–H groups in total. The molecule has 1 aliphatic rings. The van der Waals surface area contributed by atoms with Crippen molar-refractivity contribution in [1.82, 2.24) is 5.32 Å². The van der Waals surface area contributed by atoms with Crippen molar-refractivity contribution in [2.24, 2.45) is 11.8 Å². The lowest BCUT2D eigenvalue weighted by Gasteiger charge is -2.40. The molecule has 108 valence electrons. The molecule has 0 spiro atoms. The standard InChI is InChI=1S/C16H33NO/c1-5-15-8-10-16(11-9-15,13-17-4)18-12-6-7-14(2)3/h14-15,17H,5-13H2,1-4H3. The first-order chi connectivity index (χ1) is 8.62. The molecule has 0 bridgehead atoms. The van der Waals surface area contributed by atoms with Gasteiger partial charge in [0.05, 0.1) is 5.60 Å². The Bertz CT molecular complexity index is 207. The van der Waals surface area contributed by atoms with E-state index in [-0.39, 0.29) is 5.60 Å². The zero-order valence-electron chi connectivity index (χ0n) is 12.9. The Morgan fingerprint density at radius 1 is 1.28 bits per heavy atom. The van der Waals surface area contributed by atoms with Crippen LogP contribution in [0.15, 0.2) is 0 Å². The average molecular weight is 255 g/mol. The highest BCUT2D eigenvalue weighted by molar-refractivity contribution is 4.88. The molecule has 0 aromatic rings. The summed E-state index contributed by atoms with van der Waals surface area (Å²) in [5.74, 6) is 1.74. The van der Waals surface area contributed by atoms with Crippen molar-refractivity contribution in [2.45, 2.75) is 71.3 Å². The second-order valence-electron chi connectivity index (χ2n) is 6.45. The lowest BCUT2D eigenvalue weighted by molar-refractivity contribution is -0.0772. The minimum atomic E-state index is 0.136. The van der Waals surface area contributed by atoms with Crippen LogP contribution in [0.3, 0.4) is 0 Å². The maximum atomic E-state index is 6.29. The van der Waals surface area contributed by atoms with E-state index < -0.39 is 0 Å². The van der Waals surface area contributed by atoms with E-state index in [0.717, 1.165) is 25.0 Å². The third-order valence-corrected chi connectivity index (χ3v) is 4.43. The number of ether oxygens (including phenoxy) is 1. The highest BCUT2D eigenvalue weighted by Crippen LogP contribution is 2.36. The van der Waals surface area contributed by atoms with E-state index >= 15 is 0 Å². The van der Waals surface area contributed by atoms with E-state index in [1.54, 1.807) is 0 Å². The van der Waals surface area contributed by atoms with Crippen LogP contribution in [-0.4, -0.2) is 25.8 Å². The van der Waals surface area contributed by atoms with Crippen molar-refractivity contribution in [3.05, 3.63) is 0 Å². The van der Waals surface area contributed by atoms with Gasteiger partial charge < -0.3 is 10.1 Å². The molecule has 0 radical (unpaired) electrons. The van der Waals surface area contributed by atoms with Gasteiger partial charge >= 0.3 is 0 Å². The summed E-state index contributed by atoms with van der Waals surface area (Å²) in [7, 11) is 2.05. The monoisotopic (exact) mass is 255 g/mol. The molecule has 0 heterocycles. The van der Waals surface area contributed by atoms with Crippen LogP contribution in [0.4, 0.5) is 0 Å². The van der Waals surface area contributed by atoms with Gasteiger partial charge in [-0.15, -0.1) is 0 Å². The van der Waals surface area contributed by atoms with Crippen LogP contribution < -0.4 is 5.32 Å². The molecule has 0 unspecified atom stereocenters. The van der Waals surface area contributed by atoms with E-state index in [9.17, 15) is 0 Å². The van der Waals surface area contributed by atoms with E-state index in [0.29, 0.717) is 0 Å². The minimum Gasteiger partial charge on any atom is -0.374 e. The highest BCUT2D eigenvalue weighted by atomic mass is 16.5. The molecule has 1 rings (SSSR count). The van der Waals surface area contributed by atoms with Crippen LogP contribution in [0.2, 0.25) is 0 Å². The van der Waals surface area contributed by atoms with Crippen LogP contribution in [-0.2, 0) is 4.74 Å². The minimum absolute atomic E-state index is 0.136. The lowest BCUT2D eigenvalue weighted by Crippen LogP contribution is -2.45. The fourth-order valence-electron chi connectivity index (χ4n) is 3.09. The molecule has 2 nitrogen and oxygen atoms in total. The summed E-state index contributed by atoms with van der Waals surface area (Å²) in [5, 5.41) is 3.34. The fourth-order valence-corrected chi connectivity index (χ4v) is 3.09. The number of rotatable bonds is 8. The molecule has 0 aromatic carbocycles. The molecule has 0 aromatic heterocycles. The molecule has 18 heavy (non-hydrogen) atoms. The molecule has 2 heteroatoms. The summed E-state index contributed by atoms with van der Waals surface area (Å²) in [6.45, 7) is 8.85. The molecule has 1 fully saturated rings. The predicted molar refractivity (Wildman–Crippen MR) is 78.9 cm³/mol. The van der Waals surface area contributed by atoms with Gasteiger partial charge in [-0.1, -0.05) is 27.2 Å². The third-order valence-electron chi connectivity index (χ3n) is 4.43. The van der Waals surface area contributed by atoms with E-state index in [4.69, 9.17) is 4.74 Å². The Morgan fingerprint density at radius 2 is 1.94 bits per heavy atom. The fraction of sp³-hybridized carbons (Fsp3) is 1.00. The van der Waals surface area contributed by atoms with Crippen LogP contribution in [0.1, 0.15) is 65.7 Å². The van der Waals surface area contributed by atoms with Gasteiger partial charge in [-0.25, -0.2) is 0 Å². The van der Waals surface area contributed by atoms with Crippen LogP contribution >= 0.6 is 0 Å². The van der Waals surface area contributed by atoms with Crippen LogP contribution in [0, 0.1) is 11.8 Å². The maximum Gasteiger partial charge on any atom is 0.0806 e. The molecule has 1 saturated carbocycles. The number of nitrogens with one attached hydrogen (secondary N) is 1. The van der Waals surface area contributed by atoms with Gasteiger partial charge in [0.1, 0.15) is 0 Å². The summed E-state index contributed by atoms with van der Waals surface area (Å²) in [5.41, 5.74) is 0.136. The Labute approximate surface area is 114 Å². The van der Waals surface area contributed by atoms with E-state index in [2.05, 4.69) is 26.1 Å². The van der Waals surface area contributed by atoms with Gasteiger partial charge in [0.15, 0.2) is 0 Å². The molecular weight excluding hydrogens is 222 g/mol. The van der Waals surface area contributed by atoms with Crippen LogP contribution in [0.25, 0.3) is 0 Å². The first-order valence-corrected chi connectivity index (χ1v) is 7.90. The molecule has 0 aliphatic heterocycles. The molecular formula is C16H33NO. The Balaban J connectivity index is 2.34. The normalized spacial score (nSPS) is 28.8. The third kappa shape index (κ3) is 5.27. The van der Waals surface area contributed by atoms with Crippen molar-refractivity contribution in [1.29, 1.82) is 0 Å². The van der Waals surface area contributed by atoms with Crippen molar-refractivity contribution in [3.63, 3.8) is 0 Å². The molecule has 0 amide bonds. The summed E-state index contributed by atoms with van der Waals surface area (Å²) in [6, 6.07) is 0. The molecule has 0 atom stereocenters. The van der Waals surface area contributed by atoms with Gasteiger partial charge in [0.25, 0.3) is 0 Å². The zero-order chi connectivity index (χ0) is 13.4. The average Bonchev–Trinajstić information content (AvgIpc) is 2.36. The quantitative estimate of drug-likeness (QED) is 0.662. The topological polar surface area (TPSA) is 21.3 Å². The number of hydrogen-bond acceptors (Lipinski definition) is 2. The summed E-state index contributed by atoms with van der Waals surface area (Å²) >= 11 is 0.